The van der Waals surface area contributed by atoms with Crippen molar-refractivity contribution in [1.82, 2.24) is 4.72 Å². The van der Waals surface area contributed by atoms with Crippen molar-refractivity contribution in [2.45, 2.75) is 50.9 Å². The molecule has 28 heavy (non-hydrogen) atoms. The Hall–Kier alpha value is -2.68. The molecule has 0 saturated heterocycles. The number of sulfonamides is 1. The maximum absolute atomic E-state index is 12.5. The van der Waals surface area contributed by atoms with Crippen molar-refractivity contribution in [2.24, 2.45) is 0 Å². The number of hydrogen-bond acceptors (Lipinski definition) is 6. The van der Waals surface area contributed by atoms with Crippen LogP contribution in [0.25, 0.3) is 0 Å². The second-order valence-corrected chi connectivity index (χ2v) is 8.98. The fourth-order valence-electron chi connectivity index (χ4n) is 4.14. The van der Waals surface area contributed by atoms with Crippen LogP contribution in [-0.4, -0.2) is 31.5 Å². The van der Waals surface area contributed by atoms with Gasteiger partial charge in [-0.05, 0) is 67.7 Å². The molecule has 0 saturated carbocycles. The Balaban J connectivity index is 1.53. The summed E-state index contributed by atoms with van der Waals surface area (Å²) in [5, 5.41) is 2.69. The van der Waals surface area contributed by atoms with E-state index < -0.39 is 33.1 Å². The van der Waals surface area contributed by atoms with Gasteiger partial charge in [-0.3, -0.25) is 9.59 Å². The van der Waals surface area contributed by atoms with Crippen molar-refractivity contribution >= 4 is 33.3 Å². The van der Waals surface area contributed by atoms with E-state index in [4.69, 9.17) is 4.74 Å². The molecule has 0 bridgehead atoms. The topological polar surface area (TPSA) is 119 Å². The summed E-state index contributed by atoms with van der Waals surface area (Å²) in [5.41, 5.74) is 2.92. The first-order chi connectivity index (χ1) is 13.3. The normalized spacial score (nSPS) is 20.2. The standard InChI is InChI=1S/C19H20N2O6S/c1-10(22)15-9-27-18(17(15)23)28(25,26)21-19(24)20-16-13-6-2-4-11(13)8-12-5-3-7-14(12)16/h8-9,18H,2-7H2,1H3,(H2,20,21,24). The number of hydrogen-bond donors (Lipinski definition) is 2. The van der Waals surface area contributed by atoms with Crippen LogP contribution in [0.15, 0.2) is 17.9 Å². The Kier molecular flexibility index (Phi) is 4.49. The number of nitrogens with one attached hydrogen (secondary N) is 2. The number of rotatable bonds is 4. The van der Waals surface area contributed by atoms with Gasteiger partial charge in [0.25, 0.3) is 15.5 Å². The summed E-state index contributed by atoms with van der Waals surface area (Å²) in [5.74, 6) is -1.57. The molecule has 1 unspecified atom stereocenters. The van der Waals surface area contributed by atoms with Crippen molar-refractivity contribution in [1.29, 1.82) is 0 Å². The third kappa shape index (κ3) is 3.09. The van der Waals surface area contributed by atoms with Gasteiger partial charge >= 0.3 is 6.03 Å². The Morgan fingerprint density at radius 3 is 2.21 bits per heavy atom. The zero-order valence-electron chi connectivity index (χ0n) is 15.3. The molecule has 1 heterocycles. The van der Waals surface area contributed by atoms with E-state index in [0.717, 1.165) is 62.8 Å². The fraction of sp³-hybridized carbons (Fsp3) is 0.421. The maximum atomic E-state index is 12.5. The molecule has 1 aromatic rings. The number of benzene rings is 1. The number of aryl methyl sites for hydroxylation is 2. The Labute approximate surface area is 162 Å². The number of Topliss-reactive ketones (excluding diaryl/α,β-unsaturated/α-hetero) is 2. The summed E-state index contributed by atoms with van der Waals surface area (Å²) in [6.07, 6.45) is 6.38. The van der Waals surface area contributed by atoms with E-state index in [1.807, 2.05) is 4.72 Å². The number of carbonyl (C=O) groups is 3. The zero-order valence-corrected chi connectivity index (χ0v) is 16.1. The summed E-state index contributed by atoms with van der Waals surface area (Å²) >= 11 is 0. The van der Waals surface area contributed by atoms with Crippen LogP contribution in [0.4, 0.5) is 10.5 Å². The molecule has 0 spiro atoms. The molecule has 9 heteroatoms. The third-order valence-corrected chi connectivity index (χ3v) is 6.76. The molecule has 2 amide bonds. The molecule has 1 aromatic carbocycles. The molecule has 1 atom stereocenters. The number of ketones is 2. The first kappa shape index (κ1) is 18.7. The average Bonchev–Trinajstić information content (AvgIpc) is 3.32. The molecule has 2 N–H and O–H groups in total. The molecule has 0 radical (unpaired) electrons. The predicted molar refractivity (Wildman–Crippen MR) is 100 cm³/mol. The van der Waals surface area contributed by atoms with Gasteiger partial charge < -0.3 is 10.1 Å². The maximum Gasteiger partial charge on any atom is 0.332 e. The smallest absolute Gasteiger partial charge is 0.332 e. The van der Waals surface area contributed by atoms with Crippen LogP contribution in [0.1, 0.15) is 42.0 Å². The average molecular weight is 404 g/mol. The van der Waals surface area contributed by atoms with Crippen LogP contribution in [-0.2, 0) is 50.0 Å². The predicted octanol–water partition coefficient (Wildman–Crippen LogP) is 1.51. The molecule has 0 aromatic heterocycles. The number of ether oxygens (including phenoxy) is 1. The minimum absolute atomic E-state index is 0.338. The second-order valence-electron chi connectivity index (χ2n) is 7.26. The quantitative estimate of drug-likeness (QED) is 0.735. The lowest BCUT2D eigenvalue weighted by molar-refractivity contribution is -0.121. The van der Waals surface area contributed by atoms with Gasteiger partial charge in [0.05, 0.1) is 0 Å². The van der Waals surface area contributed by atoms with Crippen molar-refractivity contribution in [2.75, 3.05) is 5.32 Å². The first-order valence-corrected chi connectivity index (χ1v) is 10.7. The molecule has 8 nitrogen and oxygen atoms in total. The van der Waals surface area contributed by atoms with Crippen molar-refractivity contribution in [3.05, 3.63) is 40.2 Å². The Morgan fingerprint density at radius 1 is 1.07 bits per heavy atom. The summed E-state index contributed by atoms with van der Waals surface area (Å²) in [7, 11) is -4.46. The van der Waals surface area contributed by atoms with Crippen LogP contribution >= 0.6 is 0 Å². The number of anilines is 1. The molecule has 4 rings (SSSR count). The Bertz CT molecular complexity index is 1010. The molecular formula is C19H20N2O6S. The van der Waals surface area contributed by atoms with Gasteiger partial charge in [0.2, 0.25) is 5.78 Å². The van der Waals surface area contributed by atoms with E-state index in [9.17, 15) is 22.8 Å². The van der Waals surface area contributed by atoms with E-state index in [1.165, 1.54) is 11.1 Å². The zero-order chi connectivity index (χ0) is 20.1. The molecule has 1 aliphatic heterocycles. The summed E-state index contributed by atoms with van der Waals surface area (Å²) in [6.45, 7) is 1.14. The summed E-state index contributed by atoms with van der Waals surface area (Å²) < 4.78 is 31.5. The summed E-state index contributed by atoms with van der Waals surface area (Å²) in [4.78, 5) is 35.9. The van der Waals surface area contributed by atoms with E-state index in [2.05, 4.69) is 11.4 Å². The summed E-state index contributed by atoms with van der Waals surface area (Å²) in [6, 6.07) is 1.26. The third-order valence-electron chi connectivity index (χ3n) is 5.40. The van der Waals surface area contributed by atoms with Crippen LogP contribution in [0.5, 0.6) is 0 Å². The number of amides is 2. The van der Waals surface area contributed by atoms with Gasteiger partial charge in [0, 0.05) is 5.69 Å². The van der Waals surface area contributed by atoms with Crippen LogP contribution in [0.2, 0.25) is 0 Å². The minimum atomic E-state index is -4.46. The van der Waals surface area contributed by atoms with Gasteiger partial charge in [0.1, 0.15) is 11.8 Å². The van der Waals surface area contributed by atoms with Gasteiger partial charge in [-0.1, -0.05) is 6.07 Å². The van der Waals surface area contributed by atoms with Gasteiger partial charge in [-0.2, -0.15) is 0 Å². The molecule has 3 aliphatic rings. The van der Waals surface area contributed by atoms with Crippen molar-refractivity contribution < 1.29 is 27.5 Å². The highest BCUT2D eigenvalue weighted by Crippen LogP contribution is 2.38. The highest BCUT2D eigenvalue weighted by molar-refractivity contribution is 7.91. The molecule has 2 aliphatic carbocycles. The van der Waals surface area contributed by atoms with E-state index >= 15 is 0 Å². The Morgan fingerprint density at radius 2 is 1.68 bits per heavy atom. The monoisotopic (exact) mass is 404 g/mol. The number of carbonyl (C=O) groups excluding carboxylic acids is 3. The molecule has 148 valence electrons. The largest absolute Gasteiger partial charge is 0.471 e. The fourth-order valence-corrected chi connectivity index (χ4v) is 5.16. The first-order valence-electron chi connectivity index (χ1n) is 9.18. The minimum Gasteiger partial charge on any atom is -0.471 e. The lowest BCUT2D eigenvalue weighted by Gasteiger charge is -2.17. The second kappa shape index (κ2) is 6.73. The van der Waals surface area contributed by atoms with Crippen molar-refractivity contribution in [3.8, 4) is 0 Å². The lowest BCUT2D eigenvalue weighted by Crippen LogP contribution is -2.44. The van der Waals surface area contributed by atoms with Crippen LogP contribution in [0, 0.1) is 0 Å². The van der Waals surface area contributed by atoms with Crippen molar-refractivity contribution in [3.63, 3.8) is 0 Å². The van der Waals surface area contributed by atoms with Crippen LogP contribution in [0.3, 0.4) is 0 Å². The molecular weight excluding hydrogens is 384 g/mol. The highest BCUT2D eigenvalue weighted by Gasteiger charge is 2.42. The van der Waals surface area contributed by atoms with E-state index in [-0.39, 0.29) is 5.57 Å². The van der Waals surface area contributed by atoms with E-state index in [0.29, 0.717) is 5.69 Å². The number of fused-ring (bicyclic) bond motifs is 2. The molecule has 0 fully saturated rings. The number of urea groups is 1. The van der Waals surface area contributed by atoms with Gasteiger partial charge in [0.15, 0.2) is 5.78 Å². The SMILES string of the molecule is CC(=O)C1=COC(S(=O)(=O)NC(=O)Nc2c3c(cc4c2CCC4)CCC3)C1=O. The highest BCUT2D eigenvalue weighted by atomic mass is 32.2. The lowest BCUT2D eigenvalue weighted by atomic mass is 9.99. The van der Waals surface area contributed by atoms with Crippen LogP contribution < -0.4 is 10.0 Å². The van der Waals surface area contributed by atoms with Gasteiger partial charge in [-0.25, -0.2) is 17.9 Å². The van der Waals surface area contributed by atoms with Gasteiger partial charge in [-0.15, -0.1) is 0 Å². The van der Waals surface area contributed by atoms with E-state index in [1.54, 1.807) is 0 Å².